The van der Waals surface area contributed by atoms with Crippen LogP contribution in [0.4, 0.5) is 5.69 Å². The van der Waals surface area contributed by atoms with Crippen molar-refractivity contribution in [2.24, 2.45) is 7.05 Å². The molecule has 2 atom stereocenters. The Bertz CT molecular complexity index is 753. The van der Waals surface area contributed by atoms with Crippen LogP contribution in [0.25, 0.3) is 0 Å². The van der Waals surface area contributed by atoms with Gasteiger partial charge in [0.1, 0.15) is 0 Å². The van der Waals surface area contributed by atoms with E-state index in [1.165, 1.54) is 17.5 Å². The summed E-state index contributed by atoms with van der Waals surface area (Å²) in [4.78, 5) is 12.6. The number of fused-ring (bicyclic) bond motifs is 1. The van der Waals surface area contributed by atoms with Gasteiger partial charge in [-0.25, -0.2) is 0 Å². The number of rotatable bonds is 4. The number of aryl methyl sites for hydroxylation is 3. The van der Waals surface area contributed by atoms with E-state index in [1.807, 2.05) is 27.8 Å². The number of carbonyl (C=O) groups is 1. The first-order chi connectivity index (χ1) is 11.5. The lowest BCUT2D eigenvalue weighted by atomic mass is 9.91. The average Bonchev–Trinajstić information content (AvgIpc) is 2.81. The number of hydrogen-bond acceptors (Lipinski definition) is 3. The number of benzene rings is 1. The maximum atomic E-state index is 12.6. The fraction of sp³-hybridized carbons (Fsp3) is 0.474. The van der Waals surface area contributed by atoms with Crippen LogP contribution in [-0.4, -0.2) is 20.9 Å². The van der Waals surface area contributed by atoms with Crippen LogP contribution in [0.3, 0.4) is 0 Å². The molecule has 1 heterocycles. The number of nitrogens with one attached hydrogen (secondary N) is 1. The highest BCUT2D eigenvalue weighted by Gasteiger charge is 2.26. The van der Waals surface area contributed by atoms with Crippen molar-refractivity contribution < 1.29 is 4.79 Å². The van der Waals surface area contributed by atoms with E-state index in [-0.39, 0.29) is 11.2 Å². The van der Waals surface area contributed by atoms with E-state index in [0.717, 1.165) is 29.9 Å². The van der Waals surface area contributed by atoms with Crippen LogP contribution in [0.5, 0.6) is 0 Å². The summed E-state index contributed by atoms with van der Waals surface area (Å²) >= 11 is 1.77. The number of anilines is 1. The van der Waals surface area contributed by atoms with Crippen molar-refractivity contribution in [1.29, 1.82) is 0 Å². The zero-order valence-electron chi connectivity index (χ0n) is 14.8. The topological polar surface area (TPSA) is 46.9 Å². The lowest BCUT2D eigenvalue weighted by molar-refractivity contribution is -0.115. The van der Waals surface area contributed by atoms with Crippen LogP contribution < -0.4 is 5.32 Å². The Morgan fingerprint density at radius 2 is 2.12 bits per heavy atom. The number of thioether (sulfide) groups is 1. The summed E-state index contributed by atoms with van der Waals surface area (Å²) in [6, 6.07) is 8.64. The molecule has 1 aromatic heterocycles. The van der Waals surface area contributed by atoms with Gasteiger partial charge in [-0.3, -0.25) is 9.48 Å². The van der Waals surface area contributed by atoms with E-state index in [2.05, 4.69) is 34.7 Å². The van der Waals surface area contributed by atoms with Crippen molar-refractivity contribution in [3.8, 4) is 0 Å². The highest BCUT2D eigenvalue weighted by atomic mass is 32.2. The van der Waals surface area contributed by atoms with Gasteiger partial charge in [0, 0.05) is 12.3 Å². The molecular weight excluding hydrogens is 318 g/mol. The Balaban J connectivity index is 1.69. The summed E-state index contributed by atoms with van der Waals surface area (Å²) in [5.41, 5.74) is 5.54. The minimum atomic E-state index is -0.0971. The van der Waals surface area contributed by atoms with Crippen molar-refractivity contribution in [3.63, 3.8) is 0 Å². The second-order valence-corrected chi connectivity index (χ2v) is 8.06. The van der Waals surface area contributed by atoms with Crippen LogP contribution in [-0.2, 0) is 18.3 Å². The summed E-state index contributed by atoms with van der Waals surface area (Å²) in [5.74, 6) is 0.0576. The Labute approximate surface area is 148 Å². The second-order valence-electron chi connectivity index (χ2n) is 6.52. The molecule has 1 N–H and O–H groups in total. The van der Waals surface area contributed by atoms with Crippen LogP contribution in [0, 0.1) is 13.8 Å². The molecule has 5 heteroatoms. The highest BCUT2D eigenvalue weighted by Crippen LogP contribution is 2.41. The first-order valence-electron chi connectivity index (χ1n) is 8.51. The van der Waals surface area contributed by atoms with Crippen LogP contribution in [0.2, 0.25) is 0 Å². The SMILES string of the molecule is Cc1nn(C)c(C)c1NC(=O)[C@H](C)S[C@@H]1CCCc2ccccc21. The van der Waals surface area contributed by atoms with E-state index >= 15 is 0 Å². The number of aromatic nitrogens is 2. The van der Waals surface area contributed by atoms with Gasteiger partial charge in [-0.2, -0.15) is 5.10 Å². The Morgan fingerprint density at radius 1 is 1.38 bits per heavy atom. The molecule has 0 radical (unpaired) electrons. The first kappa shape index (κ1) is 17.1. The summed E-state index contributed by atoms with van der Waals surface area (Å²) < 4.78 is 1.81. The molecule has 1 aliphatic rings. The Morgan fingerprint density at radius 3 is 2.83 bits per heavy atom. The van der Waals surface area contributed by atoms with Gasteiger partial charge in [0.25, 0.3) is 0 Å². The normalized spacial score (nSPS) is 18.1. The van der Waals surface area contributed by atoms with Crippen molar-refractivity contribution in [1.82, 2.24) is 9.78 Å². The molecule has 0 saturated carbocycles. The molecule has 3 rings (SSSR count). The number of nitrogens with zero attached hydrogens (tertiary/aromatic N) is 2. The zero-order valence-corrected chi connectivity index (χ0v) is 15.6. The highest BCUT2D eigenvalue weighted by molar-refractivity contribution is 8.00. The minimum Gasteiger partial charge on any atom is -0.322 e. The summed E-state index contributed by atoms with van der Waals surface area (Å²) in [6.07, 6.45) is 3.50. The van der Waals surface area contributed by atoms with Gasteiger partial charge in [-0.15, -0.1) is 11.8 Å². The van der Waals surface area contributed by atoms with Gasteiger partial charge in [0.05, 0.1) is 22.3 Å². The fourth-order valence-corrected chi connectivity index (χ4v) is 4.69. The first-order valence-corrected chi connectivity index (χ1v) is 9.46. The Kier molecular flexibility index (Phi) is 4.99. The Hall–Kier alpha value is -1.75. The van der Waals surface area contributed by atoms with E-state index in [0.29, 0.717) is 5.25 Å². The third-order valence-electron chi connectivity index (χ3n) is 4.81. The van der Waals surface area contributed by atoms with Crippen molar-refractivity contribution in [3.05, 3.63) is 46.8 Å². The molecule has 0 bridgehead atoms. The minimum absolute atomic E-state index is 0.0576. The molecule has 128 valence electrons. The number of amides is 1. The predicted molar refractivity (Wildman–Crippen MR) is 100 cm³/mol. The van der Waals surface area contributed by atoms with Crippen molar-refractivity contribution in [2.45, 2.75) is 50.5 Å². The zero-order chi connectivity index (χ0) is 17.3. The molecule has 0 aliphatic heterocycles. The lowest BCUT2D eigenvalue weighted by Crippen LogP contribution is -2.24. The van der Waals surface area contributed by atoms with Gasteiger partial charge < -0.3 is 5.32 Å². The molecule has 4 nitrogen and oxygen atoms in total. The molecule has 0 spiro atoms. The standard InChI is InChI=1S/C19H25N3OS/c1-12-18(13(2)22(4)21-12)20-19(23)14(3)24-17-11-7-9-15-8-5-6-10-16(15)17/h5-6,8,10,14,17H,7,9,11H2,1-4H3,(H,20,23)/t14-,17+/m0/s1. The molecule has 1 aliphatic carbocycles. The van der Waals surface area contributed by atoms with E-state index < -0.39 is 0 Å². The van der Waals surface area contributed by atoms with E-state index in [1.54, 1.807) is 16.4 Å². The smallest absolute Gasteiger partial charge is 0.237 e. The monoisotopic (exact) mass is 343 g/mol. The summed E-state index contributed by atoms with van der Waals surface area (Å²) in [6.45, 7) is 5.90. The largest absolute Gasteiger partial charge is 0.322 e. The van der Waals surface area contributed by atoms with Gasteiger partial charge in [0.2, 0.25) is 5.91 Å². The van der Waals surface area contributed by atoms with Crippen molar-refractivity contribution in [2.75, 3.05) is 5.32 Å². The molecule has 0 unspecified atom stereocenters. The van der Waals surface area contributed by atoms with E-state index in [9.17, 15) is 4.79 Å². The lowest BCUT2D eigenvalue weighted by Gasteiger charge is -2.27. The average molecular weight is 343 g/mol. The van der Waals surface area contributed by atoms with Crippen LogP contribution >= 0.6 is 11.8 Å². The van der Waals surface area contributed by atoms with Gasteiger partial charge in [-0.05, 0) is 51.2 Å². The molecular formula is C19H25N3OS. The fourth-order valence-electron chi connectivity index (χ4n) is 3.34. The third-order valence-corrected chi connectivity index (χ3v) is 6.25. The van der Waals surface area contributed by atoms with Crippen LogP contribution in [0.15, 0.2) is 24.3 Å². The van der Waals surface area contributed by atoms with Crippen molar-refractivity contribution >= 4 is 23.4 Å². The predicted octanol–water partition coefficient (Wildman–Crippen LogP) is 4.17. The number of hydrogen-bond donors (Lipinski definition) is 1. The molecule has 0 fully saturated rings. The van der Waals surface area contributed by atoms with Gasteiger partial charge in [0.15, 0.2) is 0 Å². The van der Waals surface area contributed by atoms with Gasteiger partial charge in [-0.1, -0.05) is 24.3 Å². The maximum Gasteiger partial charge on any atom is 0.237 e. The quantitative estimate of drug-likeness (QED) is 0.906. The second kappa shape index (κ2) is 7.01. The molecule has 2 aromatic rings. The maximum absolute atomic E-state index is 12.6. The van der Waals surface area contributed by atoms with Gasteiger partial charge >= 0.3 is 0 Å². The summed E-state index contributed by atoms with van der Waals surface area (Å²) in [5, 5.41) is 7.75. The molecule has 1 aromatic carbocycles. The summed E-state index contributed by atoms with van der Waals surface area (Å²) in [7, 11) is 1.90. The third kappa shape index (κ3) is 3.36. The molecule has 1 amide bonds. The van der Waals surface area contributed by atoms with Crippen LogP contribution in [0.1, 0.15) is 47.5 Å². The molecule has 0 saturated heterocycles. The number of carbonyl (C=O) groups excluding carboxylic acids is 1. The molecule has 24 heavy (non-hydrogen) atoms. The van der Waals surface area contributed by atoms with E-state index in [4.69, 9.17) is 0 Å².